The molecule has 1 fully saturated rings. The maximum Gasteiger partial charge on any atom is 0.347 e. The molecule has 1 saturated carbocycles. The highest BCUT2D eigenvalue weighted by Gasteiger charge is 2.18. The third-order valence-electron chi connectivity index (χ3n) is 4.93. The molecule has 2 aromatic carbocycles. The number of benzene rings is 2. The minimum absolute atomic E-state index is 0.0613. The number of nitrogens with one attached hydrogen (secondary N) is 1. The topological polar surface area (TPSA) is 64.6 Å². The molecule has 1 unspecified atom stereocenters. The van der Waals surface area contributed by atoms with Gasteiger partial charge in [0.05, 0.1) is 0 Å². The Morgan fingerprint density at radius 2 is 1.68 bits per heavy atom. The number of hydrogen-bond donors (Lipinski definition) is 1. The van der Waals surface area contributed by atoms with E-state index in [1.165, 1.54) is 19.3 Å². The zero-order valence-electron chi connectivity index (χ0n) is 16.2. The molecule has 2 aromatic rings. The second-order valence-corrected chi connectivity index (χ2v) is 7.19. The fourth-order valence-electron chi connectivity index (χ4n) is 3.30. The van der Waals surface area contributed by atoms with E-state index in [0.29, 0.717) is 11.3 Å². The van der Waals surface area contributed by atoms with Crippen LogP contribution in [-0.2, 0) is 16.1 Å². The highest BCUT2D eigenvalue weighted by Crippen LogP contribution is 2.19. The van der Waals surface area contributed by atoms with Crippen molar-refractivity contribution in [2.75, 3.05) is 0 Å². The number of ether oxygens (including phenoxy) is 2. The summed E-state index contributed by atoms with van der Waals surface area (Å²) < 4.78 is 10.9. The lowest BCUT2D eigenvalue weighted by atomic mass is 9.95. The van der Waals surface area contributed by atoms with Crippen LogP contribution < -0.4 is 10.1 Å². The van der Waals surface area contributed by atoms with Gasteiger partial charge in [0.2, 0.25) is 0 Å². The lowest BCUT2D eigenvalue weighted by Gasteiger charge is -2.22. The zero-order chi connectivity index (χ0) is 19.8. The molecule has 28 heavy (non-hydrogen) atoms. The Labute approximate surface area is 166 Å². The van der Waals surface area contributed by atoms with E-state index in [1.54, 1.807) is 31.2 Å². The quantitative estimate of drug-likeness (QED) is 0.728. The van der Waals surface area contributed by atoms with Crippen LogP contribution in [0.15, 0.2) is 54.6 Å². The third kappa shape index (κ3) is 5.84. The molecule has 5 nitrogen and oxygen atoms in total. The normalized spacial score (nSPS) is 15.5. The predicted molar refractivity (Wildman–Crippen MR) is 107 cm³/mol. The molecule has 5 heteroatoms. The Morgan fingerprint density at radius 1 is 1.00 bits per heavy atom. The highest BCUT2D eigenvalue weighted by molar-refractivity contribution is 5.94. The van der Waals surface area contributed by atoms with Crippen LogP contribution in [0.25, 0.3) is 0 Å². The Hall–Kier alpha value is -2.82. The summed E-state index contributed by atoms with van der Waals surface area (Å²) in [6, 6.07) is 16.6. The third-order valence-corrected chi connectivity index (χ3v) is 4.93. The summed E-state index contributed by atoms with van der Waals surface area (Å²) in [6.45, 7) is 1.87. The van der Waals surface area contributed by atoms with Crippen molar-refractivity contribution in [3.8, 4) is 5.75 Å². The summed E-state index contributed by atoms with van der Waals surface area (Å²) in [7, 11) is 0. The molecular weight excluding hydrogens is 354 g/mol. The lowest BCUT2D eigenvalue weighted by Crippen LogP contribution is -2.36. The molecular formula is C23H27NO4. The summed E-state index contributed by atoms with van der Waals surface area (Å²) in [6.07, 6.45) is 4.98. The Bertz CT molecular complexity index is 767. The van der Waals surface area contributed by atoms with Crippen molar-refractivity contribution in [3.63, 3.8) is 0 Å². The molecule has 0 saturated heterocycles. The van der Waals surface area contributed by atoms with Crippen molar-refractivity contribution in [1.29, 1.82) is 0 Å². The van der Waals surface area contributed by atoms with Crippen LogP contribution in [0.2, 0.25) is 0 Å². The first-order chi connectivity index (χ1) is 13.6. The first kappa shape index (κ1) is 19.9. The molecule has 1 amide bonds. The van der Waals surface area contributed by atoms with E-state index in [9.17, 15) is 9.59 Å². The second kappa shape index (κ2) is 9.93. The van der Waals surface area contributed by atoms with Crippen molar-refractivity contribution >= 4 is 11.9 Å². The minimum atomic E-state index is -0.731. The summed E-state index contributed by atoms with van der Waals surface area (Å²) in [4.78, 5) is 24.5. The maximum absolute atomic E-state index is 12.3. The van der Waals surface area contributed by atoms with E-state index >= 15 is 0 Å². The Morgan fingerprint density at radius 3 is 2.36 bits per heavy atom. The van der Waals surface area contributed by atoms with Crippen LogP contribution in [0.1, 0.15) is 54.9 Å². The van der Waals surface area contributed by atoms with Gasteiger partial charge in [-0.2, -0.15) is 0 Å². The smallest absolute Gasteiger partial charge is 0.347 e. The van der Waals surface area contributed by atoms with Gasteiger partial charge in [0, 0.05) is 11.6 Å². The first-order valence-corrected chi connectivity index (χ1v) is 9.90. The van der Waals surface area contributed by atoms with Gasteiger partial charge in [-0.15, -0.1) is 0 Å². The van der Waals surface area contributed by atoms with E-state index in [2.05, 4.69) is 5.32 Å². The summed E-state index contributed by atoms with van der Waals surface area (Å²) >= 11 is 0. The molecule has 0 bridgehead atoms. The van der Waals surface area contributed by atoms with Crippen LogP contribution >= 0.6 is 0 Å². The van der Waals surface area contributed by atoms with Gasteiger partial charge in [0.25, 0.3) is 5.91 Å². The molecule has 0 radical (unpaired) electrons. The first-order valence-electron chi connectivity index (χ1n) is 9.90. The van der Waals surface area contributed by atoms with Crippen molar-refractivity contribution in [3.05, 3.63) is 65.7 Å². The van der Waals surface area contributed by atoms with Crippen LogP contribution in [0.4, 0.5) is 0 Å². The molecule has 0 aliphatic heterocycles. The van der Waals surface area contributed by atoms with Crippen LogP contribution in [0, 0.1) is 0 Å². The fraction of sp³-hybridized carbons (Fsp3) is 0.391. The van der Waals surface area contributed by atoms with Gasteiger partial charge in [-0.05, 0) is 49.6 Å². The van der Waals surface area contributed by atoms with Crippen molar-refractivity contribution < 1.29 is 19.1 Å². The SMILES string of the molecule is CC(Oc1ccc(C(=O)NC2CCCCC2)cc1)C(=O)OCc1ccccc1. The molecule has 1 N–H and O–H groups in total. The molecule has 148 valence electrons. The van der Waals surface area contributed by atoms with E-state index in [1.807, 2.05) is 30.3 Å². The Balaban J connectivity index is 1.47. The molecule has 0 aromatic heterocycles. The standard InChI is InChI=1S/C23H27NO4/c1-17(23(26)27-16-18-8-4-2-5-9-18)28-21-14-12-19(13-15-21)22(25)24-20-10-6-3-7-11-20/h2,4-5,8-9,12-15,17,20H,3,6-7,10-11,16H2,1H3,(H,24,25). The van der Waals surface area contributed by atoms with Gasteiger partial charge in [0.15, 0.2) is 6.10 Å². The van der Waals surface area contributed by atoms with Gasteiger partial charge in [-0.1, -0.05) is 49.6 Å². The number of hydrogen-bond acceptors (Lipinski definition) is 4. The number of carbonyl (C=O) groups is 2. The molecule has 1 aliphatic carbocycles. The van der Waals surface area contributed by atoms with E-state index in [-0.39, 0.29) is 18.6 Å². The van der Waals surface area contributed by atoms with Gasteiger partial charge < -0.3 is 14.8 Å². The summed E-state index contributed by atoms with van der Waals surface area (Å²) in [5.41, 5.74) is 1.52. The molecule has 0 heterocycles. The van der Waals surface area contributed by atoms with Crippen LogP contribution in [0.5, 0.6) is 5.75 Å². The maximum atomic E-state index is 12.3. The van der Waals surface area contributed by atoms with Gasteiger partial charge in [-0.3, -0.25) is 4.79 Å². The number of carbonyl (C=O) groups excluding carboxylic acids is 2. The minimum Gasteiger partial charge on any atom is -0.479 e. The van der Waals surface area contributed by atoms with Gasteiger partial charge >= 0.3 is 5.97 Å². The van der Waals surface area contributed by atoms with Crippen LogP contribution in [0.3, 0.4) is 0 Å². The number of rotatable bonds is 7. The largest absolute Gasteiger partial charge is 0.479 e. The molecule has 1 atom stereocenters. The molecule has 3 rings (SSSR count). The van der Waals surface area contributed by atoms with E-state index in [0.717, 1.165) is 18.4 Å². The van der Waals surface area contributed by atoms with E-state index in [4.69, 9.17) is 9.47 Å². The second-order valence-electron chi connectivity index (χ2n) is 7.19. The Kier molecular flexibility index (Phi) is 7.06. The summed E-state index contributed by atoms with van der Waals surface area (Å²) in [5, 5.41) is 3.09. The monoisotopic (exact) mass is 381 g/mol. The highest BCUT2D eigenvalue weighted by atomic mass is 16.6. The molecule has 0 spiro atoms. The fourth-order valence-corrected chi connectivity index (χ4v) is 3.30. The number of esters is 1. The van der Waals surface area contributed by atoms with Gasteiger partial charge in [-0.25, -0.2) is 4.79 Å². The molecule has 1 aliphatic rings. The van der Waals surface area contributed by atoms with Crippen molar-refractivity contribution in [2.24, 2.45) is 0 Å². The van der Waals surface area contributed by atoms with Crippen molar-refractivity contribution in [1.82, 2.24) is 5.32 Å². The van der Waals surface area contributed by atoms with E-state index < -0.39 is 12.1 Å². The average Bonchev–Trinajstić information content (AvgIpc) is 2.74. The average molecular weight is 381 g/mol. The zero-order valence-corrected chi connectivity index (χ0v) is 16.2. The predicted octanol–water partition coefficient (Wildman–Crippen LogP) is 4.26. The number of amides is 1. The lowest BCUT2D eigenvalue weighted by molar-refractivity contribution is -0.152. The van der Waals surface area contributed by atoms with Gasteiger partial charge in [0.1, 0.15) is 12.4 Å². The van der Waals surface area contributed by atoms with Crippen LogP contribution in [-0.4, -0.2) is 24.0 Å². The van der Waals surface area contributed by atoms with Crippen molar-refractivity contribution in [2.45, 2.75) is 57.8 Å². The summed E-state index contributed by atoms with van der Waals surface area (Å²) in [5.74, 6) is 0.0371.